The Morgan fingerprint density at radius 2 is 2.06 bits per heavy atom. The molecule has 0 aromatic heterocycles. The lowest BCUT2D eigenvalue weighted by Crippen LogP contribution is -2.53. The van der Waals surface area contributed by atoms with Crippen molar-refractivity contribution < 1.29 is 0 Å². The maximum Gasteiger partial charge on any atom is 0.184 e. The quantitative estimate of drug-likeness (QED) is 0.731. The zero-order valence-corrected chi connectivity index (χ0v) is 9.93. The second-order valence-electron chi connectivity index (χ2n) is 4.45. The van der Waals surface area contributed by atoms with Gasteiger partial charge in [-0.1, -0.05) is 37.3 Å². The van der Waals surface area contributed by atoms with Crippen molar-refractivity contribution >= 4 is 5.84 Å². The van der Waals surface area contributed by atoms with E-state index < -0.39 is 5.79 Å². The lowest BCUT2D eigenvalue weighted by atomic mass is 9.94. The van der Waals surface area contributed by atoms with Crippen LogP contribution in [0.1, 0.15) is 24.8 Å². The zero-order valence-electron chi connectivity index (χ0n) is 9.93. The number of benzene rings is 1. The van der Waals surface area contributed by atoms with Crippen molar-refractivity contribution in [2.75, 3.05) is 0 Å². The van der Waals surface area contributed by atoms with Crippen molar-refractivity contribution in [3.8, 4) is 0 Å². The molecule has 0 aliphatic carbocycles. The first-order valence-corrected chi connectivity index (χ1v) is 5.72. The molecule has 1 aromatic carbocycles. The van der Waals surface area contributed by atoms with Crippen LogP contribution in [0.2, 0.25) is 0 Å². The van der Waals surface area contributed by atoms with Crippen LogP contribution in [-0.4, -0.2) is 11.6 Å². The zero-order chi connectivity index (χ0) is 12.3. The Kier molecular flexibility index (Phi) is 3.15. The summed E-state index contributed by atoms with van der Waals surface area (Å²) >= 11 is 0. The predicted molar refractivity (Wildman–Crippen MR) is 70.3 cm³/mol. The van der Waals surface area contributed by atoms with Crippen LogP contribution in [0.4, 0.5) is 0 Å². The highest BCUT2D eigenvalue weighted by molar-refractivity contribution is 5.92. The number of hydrogen-bond acceptors (Lipinski definition) is 4. The van der Waals surface area contributed by atoms with Crippen molar-refractivity contribution in [3.63, 3.8) is 0 Å². The lowest BCUT2D eigenvalue weighted by Gasteiger charge is -2.31. The fourth-order valence-electron chi connectivity index (χ4n) is 2.04. The number of nitrogens with one attached hydrogen (secondary N) is 1. The molecule has 0 saturated heterocycles. The number of nitrogens with two attached hydrogens (primary N) is 2. The highest BCUT2D eigenvalue weighted by Crippen LogP contribution is 2.24. The third kappa shape index (κ3) is 2.85. The van der Waals surface area contributed by atoms with Gasteiger partial charge in [0.25, 0.3) is 0 Å². The monoisotopic (exact) mass is 230 g/mol. The molecule has 2 rings (SSSR count). The summed E-state index contributed by atoms with van der Waals surface area (Å²) in [6.45, 7) is 2.13. The van der Waals surface area contributed by atoms with E-state index in [0.717, 1.165) is 0 Å². The third-order valence-corrected chi connectivity index (χ3v) is 2.90. The van der Waals surface area contributed by atoms with Gasteiger partial charge in [-0.15, -0.1) is 0 Å². The van der Waals surface area contributed by atoms with Crippen LogP contribution in [0.3, 0.4) is 0 Å². The molecule has 0 bridgehead atoms. The molecule has 1 aliphatic heterocycles. The van der Waals surface area contributed by atoms with Crippen molar-refractivity contribution in [1.29, 1.82) is 0 Å². The summed E-state index contributed by atoms with van der Waals surface area (Å²) in [5, 5.41) is 3.06. The molecule has 5 N–H and O–H groups in total. The first-order valence-electron chi connectivity index (χ1n) is 5.72. The van der Waals surface area contributed by atoms with E-state index in [-0.39, 0.29) is 0 Å². The van der Waals surface area contributed by atoms with Crippen LogP contribution in [0.15, 0.2) is 47.6 Å². The molecule has 4 heteroatoms. The molecule has 0 spiro atoms. The second kappa shape index (κ2) is 4.59. The molecular weight excluding hydrogens is 212 g/mol. The standard InChI is InChI=1S/C13H18N4/c1-10(11-5-3-2-4-6-11)9-13(15)16-8-7-12(14)17-13/h2-8,10,16H,9,15H2,1H3,(H2,14,17). The Balaban J connectivity index is 2.09. The van der Waals surface area contributed by atoms with Crippen LogP contribution < -0.4 is 16.8 Å². The average Bonchev–Trinajstić information content (AvgIpc) is 2.29. The minimum Gasteiger partial charge on any atom is -0.384 e. The molecule has 0 saturated carbocycles. The van der Waals surface area contributed by atoms with Gasteiger partial charge in [0.15, 0.2) is 5.79 Å². The van der Waals surface area contributed by atoms with E-state index in [1.165, 1.54) is 5.56 Å². The third-order valence-electron chi connectivity index (χ3n) is 2.90. The van der Waals surface area contributed by atoms with Gasteiger partial charge in [-0.3, -0.25) is 5.73 Å². The first-order chi connectivity index (χ1) is 8.09. The second-order valence-corrected chi connectivity index (χ2v) is 4.45. The summed E-state index contributed by atoms with van der Waals surface area (Å²) in [5.41, 5.74) is 13.1. The molecule has 0 radical (unpaired) electrons. The summed E-state index contributed by atoms with van der Waals surface area (Å²) in [6, 6.07) is 10.3. The fourth-order valence-corrected chi connectivity index (χ4v) is 2.04. The molecule has 2 atom stereocenters. The Labute approximate surface area is 101 Å². The van der Waals surface area contributed by atoms with E-state index in [1.807, 2.05) is 18.2 Å². The minimum atomic E-state index is -0.798. The number of rotatable bonds is 3. The number of nitrogens with zero attached hydrogens (tertiary/aromatic N) is 1. The Morgan fingerprint density at radius 1 is 1.35 bits per heavy atom. The molecular formula is C13H18N4. The van der Waals surface area contributed by atoms with Crippen LogP contribution >= 0.6 is 0 Å². The van der Waals surface area contributed by atoms with E-state index in [4.69, 9.17) is 11.5 Å². The highest BCUT2D eigenvalue weighted by atomic mass is 15.3. The molecule has 0 amide bonds. The van der Waals surface area contributed by atoms with E-state index in [1.54, 1.807) is 12.3 Å². The highest BCUT2D eigenvalue weighted by Gasteiger charge is 2.27. The van der Waals surface area contributed by atoms with Crippen molar-refractivity contribution in [2.45, 2.75) is 25.0 Å². The van der Waals surface area contributed by atoms with Gasteiger partial charge in [0.05, 0.1) is 0 Å². The van der Waals surface area contributed by atoms with Crippen LogP contribution in [0, 0.1) is 0 Å². The van der Waals surface area contributed by atoms with Crippen molar-refractivity contribution in [1.82, 2.24) is 5.32 Å². The Morgan fingerprint density at radius 3 is 2.71 bits per heavy atom. The molecule has 1 aliphatic rings. The van der Waals surface area contributed by atoms with Crippen LogP contribution in [-0.2, 0) is 0 Å². The minimum absolute atomic E-state index is 0.316. The fraction of sp³-hybridized carbons (Fsp3) is 0.308. The molecule has 90 valence electrons. The summed E-state index contributed by atoms with van der Waals surface area (Å²) in [7, 11) is 0. The number of hydrogen-bond donors (Lipinski definition) is 3. The molecule has 0 fully saturated rings. The van der Waals surface area contributed by atoms with Gasteiger partial charge in [0, 0.05) is 12.6 Å². The summed E-state index contributed by atoms with van der Waals surface area (Å²) in [6.07, 6.45) is 4.15. The smallest absolute Gasteiger partial charge is 0.184 e. The summed E-state index contributed by atoms with van der Waals surface area (Å²) < 4.78 is 0. The van der Waals surface area contributed by atoms with Gasteiger partial charge in [0.1, 0.15) is 5.84 Å². The molecule has 2 unspecified atom stereocenters. The van der Waals surface area contributed by atoms with Crippen molar-refractivity contribution in [2.24, 2.45) is 16.5 Å². The molecule has 17 heavy (non-hydrogen) atoms. The van der Waals surface area contributed by atoms with Gasteiger partial charge in [-0.2, -0.15) is 0 Å². The Hall–Kier alpha value is -1.81. The van der Waals surface area contributed by atoms with Gasteiger partial charge in [0.2, 0.25) is 0 Å². The normalized spacial score (nSPS) is 24.9. The summed E-state index contributed by atoms with van der Waals surface area (Å²) in [4.78, 5) is 4.25. The lowest BCUT2D eigenvalue weighted by molar-refractivity contribution is 0.340. The Bertz CT molecular complexity index is 438. The van der Waals surface area contributed by atoms with Crippen LogP contribution in [0.5, 0.6) is 0 Å². The molecule has 4 nitrogen and oxygen atoms in total. The first kappa shape index (κ1) is 11.7. The molecule has 1 aromatic rings. The largest absolute Gasteiger partial charge is 0.384 e. The predicted octanol–water partition coefficient (Wildman–Crippen LogP) is 1.27. The SMILES string of the molecule is CC(CC1(N)N=C(N)C=CN1)c1ccccc1. The van der Waals surface area contributed by atoms with Gasteiger partial charge < -0.3 is 11.1 Å². The maximum absolute atomic E-state index is 6.16. The van der Waals surface area contributed by atoms with Gasteiger partial charge in [-0.05, 0) is 17.6 Å². The molecule has 1 heterocycles. The van der Waals surface area contributed by atoms with E-state index in [0.29, 0.717) is 18.2 Å². The summed E-state index contributed by atoms with van der Waals surface area (Å²) in [5.74, 6) is -0.0167. The van der Waals surface area contributed by atoms with E-state index in [2.05, 4.69) is 29.4 Å². The van der Waals surface area contributed by atoms with E-state index in [9.17, 15) is 0 Å². The van der Waals surface area contributed by atoms with E-state index >= 15 is 0 Å². The number of aliphatic imine (C=N–C) groups is 1. The average molecular weight is 230 g/mol. The topological polar surface area (TPSA) is 76.4 Å². The van der Waals surface area contributed by atoms with Gasteiger partial charge >= 0.3 is 0 Å². The number of amidine groups is 1. The van der Waals surface area contributed by atoms with Crippen molar-refractivity contribution in [3.05, 3.63) is 48.2 Å². The van der Waals surface area contributed by atoms with Crippen LogP contribution in [0.25, 0.3) is 0 Å². The van der Waals surface area contributed by atoms with Gasteiger partial charge in [-0.25, -0.2) is 4.99 Å². The maximum atomic E-state index is 6.16.